The first-order valence-electron chi connectivity index (χ1n) is 7.55. The van der Waals surface area contributed by atoms with Crippen LogP contribution in [0.1, 0.15) is 34.0 Å². The third kappa shape index (κ3) is 3.47. The molecular formula is C17H17N3O2S2. The van der Waals surface area contributed by atoms with Crippen LogP contribution in [0.4, 0.5) is 10.8 Å². The van der Waals surface area contributed by atoms with Crippen LogP contribution in [-0.2, 0) is 11.2 Å². The number of rotatable bonds is 4. The highest BCUT2D eigenvalue weighted by Crippen LogP contribution is 2.29. The van der Waals surface area contributed by atoms with Gasteiger partial charge in [0.1, 0.15) is 0 Å². The van der Waals surface area contributed by atoms with Gasteiger partial charge < -0.3 is 10.6 Å². The highest BCUT2D eigenvalue weighted by atomic mass is 32.1. The summed E-state index contributed by atoms with van der Waals surface area (Å²) in [7, 11) is 0. The fourth-order valence-corrected chi connectivity index (χ4v) is 4.34. The summed E-state index contributed by atoms with van der Waals surface area (Å²) >= 11 is 2.91. The summed E-state index contributed by atoms with van der Waals surface area (Å²) in [5.74, 6) is -0.254. The number of fused-ring (bicyclic) bond motifs is 1. The van der Waals surface area contributed by atoms with Crippen molar-refractivity contribution >= 4 is 55.5 Å². The summed E-state index contributed by atoms with van der Waals surface area (Å²) in [6.45, 7) is 5.56. The number of hydrogen-bond acceptors (Lipinski definition) is 5. The van der Waals surface area contributed by atoms with Crippen LogP contribution >= 0.6 is 22.7 Å². The van der Waals surface area contributed by atoms with Crippen LogP contribution in [0.25, 0.3) is 10.2 Å². The number of aryl methyl sites for hydroxylation is 2. The normalized spacial score (nSPS) is 10.8. The topological polar surface area (TPSA) is 71.1 Å². The fourth-order valence-electron chi connectivity index (χ4n) is 2.38. The van der Waals surface area contributed by atoms with Crippen LogP contribution in [0.3, 0.4) is 0 Å². The molecule has 0 spiro atoms. The molecule has 0 saturated heterocycles. The van der Waals surface area contributed by atoms with Gasteiger partial charge in [0.25, 0.3) is 5.91 Å². The highest BCUT2D eigenvalue weighted by molar-refractivity contribution is 7.22. The molecular weight excluding hydrogens is 342 g/mol. The molecule has 2 amide bonds. The molecule has 0 fully saturated rings. The van der Waals surface area contributed by atoms with Crippen molar-refractivity contribution < 1.29 is 9.59 Å². The number of hydrogen-bond donors (Lipinski definition) is 2. The quantitative estimate of drug-likeness (QED) is 0.723. The van der Waals surface area contributed by atoms with E-state index in [-0.39, 0.29) is 11.8 Å². The molecule has 24 heavy (non-hydrogen) atoms. The molecule has 0 radical (unpaired) electrons. The molecule has 2 heterocycles. The number of thiazole rings is 1. The predicted molar refractivity (Wildman–Crippen MR) is 100 cm³/mol. The molecule has 0 atom stereocenters. The van der Waals surface area contributed by atoms with Crippen molar-refractivity contribution in [2.24, 2.45) is 0 Å². The Morgan fingerprint density at radius 1 is 1.17 bits per heavy atom. The van der Waals surface area contributed by atoms with Crippen LogP contribution in [0.2, 0.25) is 0 Å². The lowest BCUT2D eigenvalue weighted by Gasteiger charge is -2.03. The van der Waals surface area contributed by atoms with E-state index in [4.69, 9.17) is 0 Å². The molecule has 2 aromatic heterocycles. The second-order valence-electron chi connectivity index (χ2n) is 5.41. The monoisotopic (exact) mass is 359 g/mol. The van der Waals surface area contributed by atoms with Gasteiger partial charge in [-0.05, 0) is 43.2 Å². The van der Waals surface area contributed by atoms with Gasteiger partial charge in [-0.15, -0.1) is 11.3 Å². The molecule has 5 nitrogen and oxygen atoms in total. The molecule has 0 saturated carbocycles. The maximum atomic E-state index is 12.4. The van der Waals surface area contributed by atoms with E-state index < -0.39 is 0 Å². The number of carbonyl (C=O) groups is 2. The number of nitrogens with one attached hydrogen (secondary N) is 2. The summed E-state index contributed by atoms with van der Waals surface area (Å²) in [6.07, 6.45) is 0.933. The van der Waals surface area contributed by atoms with E-state index in [1.807, 2.05) is 31.2 Å². The number of amides is 2. The van der Waals surface area contributed by atoms with Crippen molar-refractivity contribution in [1.82, 2.24) is 4.98 Å². The number of benzene rings is 1. The maximum Gasteiger partial charge on any atom is 0.265 e. The minimum Gasteiger partial charge on any atom is -0.321 e. The van der Waals surface area contributed by atoms with E-state index in [0.29, 0.717) is 10.0 Å². The Kier molecular flexibility index (Phi) is 4.64. The molecule has 3 rings (SSSR count). The van der Waals surface area contributed by atoms with Crippen molar-refractivity contribution in [2.75, 3.05) is 10.6 Å². The molecule has 124 valence electrons. The second kappa shape index (κ2) is 6.70. The molecule has 0 aliphatic carbocycles. The van der Waals surface area contributed by atoms with Crippen LogP contribution < -0.4 is 10.6 Å². The second-order valence-corrected chi connectivity index (χ2v) is 7.57. The highest BCUT2D eigenvalue weighted by Gasteiger charge is 2.13. The first kappa shape index (κ1) is 16.6. The van der Waals surface area contributed by atoms with Crippen molar-refractivity contribution in [1.29, 1.82) is 0 Å². The molecule has 0 bridgehead atoms. The zero-order chi connectivity index (χ0) is 17.3. The lowest BCUT2D eigenvalue weighted by atomic mass is 10.2. The van der Waals surface area contributed by atoms with Gasteiger partial charge in [-0.2, -0.15) is 0 Å². The third-order valence-corrected chi connectivity index (χ3v) is 5.81. The lowest BCUT2D eigenvalue weighted by Crippen LogP contribution is -2.09. The van der Waals surface area contributed by atoms with Gasteiger partial charge in [-0.1, -0.05) is 18.3 Å². The number of thiophene rings is 1. The largest absolute Gasteiger partial charge is 0.321 e. The van der Waals surface area contributed by atoms with Crippen LogP contribution in [0, 0.1) is 6.92 Å². The lowest BCUT2D eigenvalue weighted by molar-refractivity contribution is -0.114. The van der Waals surface area contributed by atoms with Crippen LogP contribution in [-0.4, -0.2) is 16.8 Å². The Labute approximate surface area is 147 Å². The zero-order valence-corrected chi connectivity index (χ0v) is 15.2. The van der Waals surface area contributed by atoms with E-state index in [1.165, 1.54) is 34.5 Å². The average molecular weight is 359 g/mol. The number of anilines is 2. The molecule has 7 heteroatoms. The minimum absolute atomic E-state index is 0.103. The first-order chi connectivity index (χ1) is 11.5. The Bertz CT molecular complexity index is 927. The van der Waals surface area contributed by atoms with Crippen molar-refractivity contribution in [2.45, 2.75) is 27.2 Å². The summed E-state index contributed by atoms with van der Waals surface area (Å²) < 4.78 is 0.910. The van der Waals surface area contributed by atoms with Gasteiger partial charge >= 0.3 is 0 Å². The zero-order valence-electron chi connectivity index (χ0n) is 13.6. The van der Waals surface area contributed by atoms with E-state index >= 15 is 0 Å². The van der Waals surface area contributed by atoms with Gasteiger partial charge in [0.15, 0.2) is 5.13 Å². The van der Waals surface area contributed by atoms with Gasteiger partial charge in [0.05, 0.1) is 15.1 Å². The minimum atomic E-state index is -0.151. The van der Waals surface area contributed by atoms with E-state index in [0.717, 1.165) is 27.9 Å². The molecule has 0 aliphatic heterocycles. The van der Waals surface area contributed by atoms with E-state index in [9.17, 15) is 9.59 Å². The third-order valence-electron chi connectivity index (χ3n) is 3.49. The van der Waals surface area contributed by atoms with E-state index in [2.05, 4.69) is 22.5 Å². The number of carbonyl (C=O) groups excluding carboxylic acids is 2. The van der Waals surface area contributed by atoms with Crippen LogP contribution in [0.5, 0.6) is 0 Å². The molecule has 0 unspecified atom stereocenters. The van der Waals surface area contributed by atoms with E-state index in [1.54, 1.807) is 0 Å². The summed E-state index contributed by atoms with van der Waals surface area (Å²) in [5.41, 5.74) is 2.67. The fraction of sp³-hybridized carbons (Fsp3) is 0.235. The number of aromatic nitrogens is 1. The van der Waals surface area contributed by atoms with Gasteiger partial charge in [0.2, 0.25) is 5.91 Å². The van der Waals surface area contributed by atoms with Crippen LogP contribution in [0.15, 0.2) is 24.3 Å². The summed E-state index contributed by atoms with van der Waals surface area (Å²) in [4.78, 5) is 29.8. The van der Waals surface area contributed by atoms with Crippen molar-refractivity contribution in [3.05, 3.63) is 39.6 Å². The Morgan fingerprint density at radius 3 is 2.62 bits per heavy atom. The van der Waals surface area contributed by atoms with Crippen molar-refractivity contribution in [3.8, 4) is 0 Å². The summed E-state index contributed by atoms with van der Waals surface area (Å²) in [6, 6.07) is 7.46. The molecule has 2 N–H and O–H groups in total. The predicted octanol–water partition coefficient (Wildman–Crippen LogP) is 4.44. The first-order valence-corrected chi connectivity index (χ1v) is 9.18. The molecule has 3 aromatic rings. The smallest absolute Gasteiger partial charge is 0.265 e. The standard InChI is InChI=1S/C17H17N3O2S2/c1-4-13-9(2)7-15(23-13)16(22)19-11-5-6-12-14(8-11)24-17(20-12)18-10(3)21/h5-8H,4H2,1-3H3,(H,19,22)(H,18,20,21). The average Bonchev–Trinajstić information content (AvgIpc) is 3.08. The SMILES string of the molecule is CCc1sc(C(=O)Nc2ccc3nc(NC(C)=O)sc3c2)cc1C. The maximum absolute atomic E-state index is 12.4. The number of nitrogens with zero attached hydrogens (tertiary/aromatic N) is 1. The van der Waals surface area contributed by atoms with Gasteiger partial charge in [0, 0.05) is 17.5 Å². The Morgan fingerprint density at radius 2 is 1.96 bits per heavy atom. The van der Waals surface area contributed by atoms with Gasteiger partial charge in [-0.3, -0.25) is 9.59 Å². The van der Waals surface area contributed by atoms with Crippen molar-refractivity contribution in [3.63, 3.8) is 0 Å². The molecule has 1 aromatic carbocycles. The van der Waals surface area contributed by atoms with Gasteiger partial charge in [-0.25, -0.2) is 4.98 Å². The summed E-state index contributed by atoms with van der Waals surface area (Å²) in [5, 5.41) is 6.16. The molecule has 0 aliphatic rings. The Balaban J connectivity index is 1.81. The Hall–Kier alpha value is -2.25.